The average molecular weight is 444 g/mol. The molecule has 4 rings (SSSR count). The van der Waals surface area contributed by atoms with Gasteiger partial charge in [-0.1, -0.05) is 12.8 Å². The summed E-state index contributed by atoms with van der Waals surface area (Å²) < 4.78 is 29.9. The van der Waals surface area contributed by atoms with Gasteiger partial charge in [0.25, 0.3) is 12.3 Å². The molecule has 1 fully saturated rings. The number of carbonyl (C=O) groups excluding carboxylic acids is 2. The minimum absolute atomic E-state index is 0.000332. The Bertz CT molecular complexity index is 1020. The van der Waals surface area contributed by atoms with Gasteiger partial charge in [-0.2, -0.15) is 0 Å². The highest BCUT2D eigenvalue weighted by Gasteiger charge is 2.35. The second-order valence-corrected chi connectivity index (χ2v) is 8.36. The number of pyridine rings is 2. The van der Waals surface area contributed by atoms with Crippen LogP contribution in [0.1, 0.15) is 65.7 Å². The summed E-state index contributed by atoms with van der Waals surface area (Å²) in [6, 6.07) is 3.14. The highest BCUT2D eigenvalue weighted by molar-refractivity contribution is 6.01. The number of aryl methyl sites for hydroxylation is 1. The maximum atomic E-state index is 13.1. The molecule has 7 nitrogen and oxygen atoms in total. The quantitative estimate of drug-likeness (QED) is 0.689. The van der Waals surface area contributed by atoms with Gasteiger partial charge in [-0.25, -0.2) is 18.7 Å². The first kappa shape index (κ1) is 22.1. The minimum atomic E-state index is -2.58. The van der Waals surface area contributed by atoms with Crippen molar-refractivity contribution in [1.82, 2.24) is 14.9 Å². The van der Waals surface area contributed by atoms with Gasteiger partial charge in [0.15, 0.2) is 6.61 Å². The molecule has 2 aromatic heterocycles. The molecular formula is C23H26F2N4O3. The largest absolute Gasteiger partial charge is 0.471 e. The van der Waals surface area contributed by atoms with E-state index in [1.165, 1.54) is 12.4 Å². The Hall–Kier alpha value is -3.10. The molecule has 2 aromatic rings. The molecule has 1 aliphatic carbocycles. The fraction of sp³-hybridized carbons (Fsp3) is 0.478. The third-order valence-electron chi connectivity index (χ3n) is 6.19. The lowest BCUT2D eigenvalue weighted by molar-refractivity contribution is -0.119. The van der Waals surface area contributed by atoms with Crippen molar-refractivity contribution in [2.75, 3.05) is 11.9 Å². The summed E-state index contributed by atoms with van der Waals surface area (Å²) in [4.78, 5) is 35.8. The van der Waals surface area contributed by atoms with Crippen LogP contribution >= 0.6 is 0 Å². The first-order chi connectivity index (χ1) is 15.3. The van der Waals surface area contributed by atoms with Crippen molar-refractivity contribution >= 4 is 17.6 Å². The lowest BCUT2D eigenvalue weighted by Gasteiger charge is -2.25. The Labute approximate surface area is 185 Å². The zero-order chi connectivity index (χ0) is 22.8. The van der Waals surface area contributed by atoms with Crippen molar-refractivity contribution < 1.29 is 23.1 Å². The average Bonchev–Trinajstić information content (AvgIpc) is 3.42. The molecule has 170 valence electrons. The second kappa shape index (κ2) is 9.18. The second-order valence-electron chi connectivity index (χ2n) is 8.36. The number of fused-ring (bicyclic) bond motifs is 1. The van der Waals surface area contributed by atoms with E-state index in [1.54, 1.807) is 24.0 Å². The zero-order valence-corrected chi connectivity index (χ0v) is 18.1. The highest BCUT2D eigenvalue weighted by Crippen LogP contribution is 2.35. The van der Waals surface area contributed by atoms with Gasteiger partial charge >= 0.3 is 0 Å². The third-order valence-corrected chi connectivity index (χ3v) is 6.19. The molecule has 2 aliphatic rings. The van der Waals surface area contributed by atoms with Gasteiger partial charge in [0.2, 0.25) is 11.8 Å². The van der Waals surface area contributed by atoms with Crippen LogP contribution in [0.15, 0.2) is 24.5 Å². The molecule has 0 saturated heterocycles. The molecular weight excluding hydrogens is 418 g/mol. The Balaban J connectivity index is 1.50. The van der Waals surface area contributed by atoms with Crippen molar-refractivity contribution in [3.63, 3.8) is 0 Å². The van der Waals surface area contributed by atoms with Crippen molar-refractivity contribution in [3.05, 3.63) is 46.8 Å². The zero-order valence-electron chi connectivity index (χ0n) is 18.1. The van der Waals surface area contributed by atoms with Crippen LogP contribution in [0.4, 0.5) is 14.6 Å². The molecule has 1 N–H and O–H groups in total. The summed E-state index contributed by atoms with van der Waals surface area (Å²) in [5.41, 5.74) is 2.61. The molecule has 0 radical (unpaired) electrons. The standard InChI is InChI=1S/C23H26F2N4O3/c1-13-9-16(10-27-22(13)32-12-19(24)25)14(2)29-11-18-17(23(29)31)7-8-26-20(18)28-21(30)15-5-3-4-6-15/h7-10,14-15,19H,3-6,11-12H2,1-2H3,(H,26,28,30). The molecule has 0 aromatic carbocycles. The Morgan fingerprint density at radius 1 is 1.31 bits per heavy atom. The molecule has 9 heteroatoms. The van der Waals surface area contributed by atoms with E-state index in [9.17, 15) is 18.4 Å². The lowest BCUT2D eigenvalue weighted by Crippen LogP contribution is -2.27. The van der Waals surface area contributed by atoms with Gasteiger partial charge in [0, 0.05) is 35.0 Å². The SMILES string of the molecule is Cc1cc(C(C)N2Cc3c(ccnc3NC(=O)C3CCCC3)C2=O)cnc1OCC(F)F. The fourth-order valence-corrected chi connectivity index (χ4v) is 4.36. The Morgan fingerprint density at radius 2 is 2.06 bits per heavy atom. The number of amides is 2. The minimum Gasteiger partial charge on any atom is -0.471 e. The van der Waals surface area contributed by atoms with Crippen LogP contribution in [0.25, 0.3) is 0 Å². The van der Waals surface area contributed by atoms with Gasteiger partial charge in [0.05, 0.1) is 12.6 Å². The van der Waals surface area contributed by atoms with Crippen molar-refractivity contribution in [2.24, 2.45) is 5.92 Å². The van der Waals surface area contributed by atoms with E-state index >= 15 is 0 Å². The van der Waals surface area contributed by atoms with Gasteiger partial charge < -0.3 is 15.0 Å². The summed E-state index contributed by atoms with van der Waals surface area (Å²) >= 11 is 0. The van der Waals surface area contributed by atoms with E-state index in [0.29, 0.717) is 29.1 Å². The Morgan fingerprint density at radius 3 is 2.75 bits per heavy atom. The van der Waals surface area contributed by atoms with E-state index in [1.807, 2.05) is 6.92 Å². The fourth-order valence-electron chi connectivity index (χ4n) is 4.36. The molecule has 1 atom stereocenters. The molecule has 0 bridgehead atoms. The number of anilines is 1. The molecule has 1 unspecified atom stereocenters. The Kier molecular flexibility index (Phi) is 6.34. The smallest absolute Gasteiger partial charge is 0.272 e. The number of carbonyl (C=O) groups is 2. The first-order valence-corrected chi connectivity index (χ1v) is 10.8. The predicted molar refractivity (Wildman–Crippen MR) is 114 cm³/mol. The van der Waals surface area contributed by atoms with Gasteiger partial charge in [0.1, 0.15) is 5.82 Å². The van der Waals surface area contributed by atoms with Crippen LogP contribution in [0.2, 0.25) is 0 Å². The number of nitrogens with zero attached hydrogens (tertiary/aromatic N) is 3. The maximum Gasteiger partial charge on any atom is 0.272 e. The van der Waals surface area contributed by atoms with Crippen molar-refractivity contribution in [3.8, 4) is 5.88 Å². The van der Waals surface area contributed by atoms with Crippen molar-refractivity contribution in [1.29, 1.82) is 0 Å². The molecule has 1 saturated carbocycles. The van der Waals surface area contributed by atoms with Crippen LogP contribution in [-0.4, -0.2) is 39.7 Å². The van der Waals surface area contributed by atoms with E-state index in [2.05, 4.69) is 15.3 Å². The summed E-state index contributed by atoms with van der Waals surface area (Å²) in [7, 11) is 0. The lowest BCUT2D eigenvalue weighted by atomic mass is 10.1. The maximum absolute atomic E-state index is 13.1. The van der Waals surface area contributed by atoms with Crippen LogP contribution in [0, 0.1) is 12.8 Å². The molecule has 3 heterocycles. The van der Waals surface area contributed by atoms with Crippen molar-refractivity contribution in [2.45, 2.75) is 58.5 Å². The number of halogens is 2. The molecule has 0 spiro atoms. The molecule has 1 aliphatic heterocycles. The predicted octanol–water partition coefficient (Wildman–Crippen LogP) is 4.27. The number of hydrogen-bond donors (Lipinski definition) is 1. The number of ether oxygens (including phenoxy) is 1. The van der Waals surface area contributed by atoms with Gasteiger partial charge in [-0.05, 0) is 44.4 Å². The summed E-state index contributed by atoms with van der Waals surface area (Å²) in [5.74, 6) is 0.397. The van der Waals surface area contributed by atoms with E-state index < -0.39 is 13.0 Å². The van der Waals surface area contributed by atoms with Gasteiger partial charge in [-0.3, -0.25) is 9.59 Å². The van der Waals surface area contributed by atoms with Gasteiger partial charge in [-0.15, -0.1) is 0 Å². The first-order valence-electron chi connectivity index (χ1n) is 10.8. The number of alkyl halides is 2. The highest BCUT2D eigenvalue weighted by atomic mass is 19.3. The molecule has 2 amide bonds. The number of aromatic nitrogens is 2. The van der Waals surface area contributed by atoms with E-state index in [4.69, 9.17) is 4.74 Å². The summed E-state index contributed by atoms with van der Waals surface area (Å²) in [5, 5.41) is 2.92. The van der Waals surface area contributed by atoms with Crippen LogP contribution < -0.4 is 10.1 Å². The summed E-state index contributed by atoms with van der Waals surface area (Å²) in [6.45, 7) is 3.20. The van der Waals surface area contributed by atoms with Crippen LogP contribution in [0.3, 0.4) is 0 Å². The number of nitrogens with one attached hydrogen (secondary N) is 1. The van der Waals surface area contributed by atoms with E-state index in [0.717, 1.165) is 31.2 Å². The van der Waals surface area contributed by atoms with E-state index in [-0.39, 0.29) is 29.7 Å². The topological polar surface area (TPSA) is 84.4 Å². The number of hydrogen-bond acceptors (Lipinski definition) is 5. The van der Waals surface area contributed by atoms with Crippen LogP contribution in [-0.2, 0) is 11.3 Å². The monoisotopic (exact) mass is 444 g/mol. The normalized spacial score (nSPS) is 17.0. The third kappa shape index (κ3) is 4.42. The summed E-state index contributed by atoms with van der Waals surface area (Å²) in [6.07, 6.45) is 4.38. The molecule has 32 heavy (non-hydrogen) atoms. The number of rotatable bonds is 7. The van der Waals surface area contributed by atoms with Crippen LogP contribution in [0.5, 0.6) is 5.88 Å².